The van der Waals surface area contributed by atoms with E-state index in [1.807, 2.05) is 32.6 Å². The number of carbonyl (C=O) groups excluding carboxylic acids is 1. The number of ether oxygens (including phenoxy) is 1. The molecule has 0 saturated carbocycles. The number of hydrogen-bond acceptors (Lipinski definition) is 3. The third kappa shape index (κ3) is 4.62. The van der Waals surface area contributed by atoms with Crippen LogP contribution in [0.2, 0.25) is 0 Å². The van der Waals surface area contributed by atoms with Crippen LogP contribution in [0.5, 0.6) is 0 Å². The molecular weight excluding hydrogens is 192 g/mol. The predicted octanol–water partition coefficient (Wildman–Crippen LogP) is 0.869. The zero-order valence-corrected chi connectivity index (χ0v) is 10.6. The Balaban J connectivity index is 4.35. The molecule has 0 radical (unpaired) electrons. The Kier molecular flexibility index (Phi) is 6.52. The highest BCUT2D eigenvalue weighted by molar-refractivity contribution is 5.85. The molecule has 0 rings (SSSR count). The van der Waals surface area contributed by atoms with Gasteiger partial charge in [-0.15, -0.1) is 0 Å². The molecule has 0 aromatic carbocycles. The topological polar surface area (TPSA) is 41.6 Å². The van der Waals surface area contributed by atoms with Crippen LogP contribution in [0.25, 0.3) is 0 Å². The average molecular weight is 216 g/mol. The zero-order valence-electron chi connectivity index (χ0n) is 10.6. The van der Waals surface area contributed by atoms with Crippen molar-refractivity contribution in [2.75, 3.05) is 33.4 Å². The maximum atomic E-state index is 12.1. The summed E-state index contributed by atoms with van der Waals surface area (Å²) in [6.45, 7) is 10.6. The van der Waals surface area contributed by atoms with E-state index in [0.29, 0.717) is 13.2 Å². The van der Waals surface area contributed by atoms with E-state index in [9.17, 15) is 4.79 Å². The molecule has 15 heavy (non-hydrogen) atoms. The summed E-state index contributed by atoms with van der Waals surface area (Å²) in [5.74, 6) is 0.129. The van der Waals surface area contributed by atoms with Gasteiger partial charge in [0.05, 0.1) is 12.1 Å². The molecular formula is C11H24N2O2. The van der Waals surface area contributed by atoms with Crippen LogP contribution in [0.3, 0.4) is 0 Å². The molecule has 0 saturated heterocycles. The fourth-order valence-electron chi connectivity index (χ4n) is 1.52. The molecule has 0 aliphatic rings. The normalized spacial score (nSPS) is 11.5. The molecule has 4 nitrogen and oxygen atoms in total. The summed E-state index contributed by atoms with van der Waals surface area (Å²) in [4.78, 5) is 13.9. The largest absolute Gasteiger partial charge is 0.383 e. The van der Waals surface area contributed by atoms with Gasteiger partial charge >= 0.3 is 0 Å². The Hall–Kier alpha value is -0.610. The Morgan fingerprint density at radius 3 is 2.40 bits per heavy atom. The fraction of sp³-hybridized carbons (Fsp3) is 0.909. The van der Waals surface area contributed by atoms with Crippen LogP contribution in [0.4, 0.5) is 0 Å². The van der Waals surface area contributed by atoms with E-state index in [-0.39, 0.29) is 5.91 Å². The number of methoxy groups -OCH3 is 1. The van der Waals surface area contributed by atoms with Gasteiger partial charge in [-0.2, -0.15) is 0 Å². The molecule has 0 aromatic heterocycles. The molecule has 4 heteroatoms. The van der Waals surface area contributed by atoms with Crippen LogP contribution in [-0.2, 0) is 9.53 Å². The summed E-state index contributed by atoms with van der Waals surface area (Å²) in [5.41, 5.74) is -0.488. The first-order valence-electron chi connectivity index (χ1n) is 5.52. The number of amides is 1. The van der Waals surface area contributed by atoms with E-state index < -0.39 is 5.54 Å². The number of nitrogens with zero attached hydrogens (tertiary/aromatic N) is 1. The van der Waals surface area contributed by atoms with Crippen LogP contribution in [0.15, 0.2) is 0 Å². The van der Waals surface area contributed by atoms with Crippen LogP contribution >= 0.6 is 0 Å². The van der Waals surface area contributed by atoms with Gasteiger partial charge in [-0.3, -0.25) is 4.79 Å². The fourth-order valence-corrected chi connectivity index (χ4v) is 1.52. The number of carbonyl (C=O) groups is 1. The monoisotopic (exact) mass is 216 g/mol. The van der Waals surface area contributed by atoms with Gasteiger partial charge in [0.25, 0.3) is 0 Å². The summed E-state index contributed by atoms with van der Waals surface area (Å²) in [5, 5.41) is 3.18. The van der Waals surface area contributed by atoms with Gasteiger partial charge in [0.2, 0.25) is 5.91 Å². The number of rotatable bonds is 7. The molecule has 0 spiro atoms. The van der Waals surface area contributed by atoms with Crippen molar-refractivity contribution in [3.63, 3.8) is 0 Å². The molecule has 0 aliphatic carbocycles. The molecule has 1 amide bonds. The van der Waals surface area contributed by atoms with Crippen molar-refractivity contribution in [2.24, 2.45) is 0 Å². The molecule has 0 heterocycles. The maximum absolute atomic E-state index is 12.1. The minimum atomic E-state index is -0.488. The third-order valence-corrected chi connectivity index (χ3v) is 2.39. The highest BCUT2D eigenvalue weighted by Crippen LogP contribution is 2.07. The third-order valence-electron chi connectivity index (χ3n) is 2.39. The van der Waals surface area contributed by atoms with E-state index in [1.54, 1.807) is 7.11 Å². The molecule has 0 unspecified atom stereocenters. The second kappa shape index (κ2) is 6.80. The molecule has 0 atom stereocenters. The summed E-state index contributed by atoms with van der Waals surface area (Å²) in [7, 11) is 1.65. The van der Waals surface area contributed by atoms with Gasteiger partial charge in [-0.1, -0.05) is 6.92 Å². The van der Waals surface area contributed by atoms with E-state index in [2.05, 4.69) is 5.32 Å². The smallest absolute Gasteiger partial charge is 0.242 e. The van der Waals surface area contributed by atoms with Crippen molar-refractivity contribution in [1.82, 2.24) is 10.2 Å². The predicted molar refractivity (Wildman–Crippen MR) is 61.9 cm³/mol. The van der Waals surface area contributed by atoms with Crippen LogP contribution in [0, 0.1) is 0 Å². The molecule has 1 N–H and O–H groups in total. The van der Waals surface area contributed by atoms with Crippen molar-refractivity contribution in [2.45, 2.75) is 33.2 Å². The highest BCUT2D eigenvalue weighted by Gasteiger charge is 2.29. The maximum Gasteiger partial charge on any atom is 0.242 e. The second-order valence-corrected chi connectivity index (χ2v) is 4.03. The van der Waals surface area contributed by atoms with Gasteiger partial charge in [0, 0.05) is 20.2 Å². The highest BCUT2D eigenvalue weighted by atomic mass is 16.5. The average Bonchev–Trinajstić information content (AvgIpc) is 2.18. The van der Waals surface area contributed by atoms with E-state index in [1.165, 1.54) is 0 Å². The van der Waals surface area contributed by atoms with Crippen molar-refractivity contribution < 1.29 is 9.53 Å². The first-order valence-corrected chi connectivity index (χ1v) is 5.52. The van der Waals surface area contributed by atoms with Gasteiger partial charge in [-0.05, 0) is 27.3 Å². The van der Waals surface area contributed by atoms with E-state index in [0.717, 1.165) is 13.1 Å². The van der Waals surface area contributed by atoms with Gasteiger partial charge in [0.1, 0.15) is 0 Å². The van der Waals surface area contributed by atoms with Crippen molar-refractivity contribution in [3.8, 4) is 0 Å². The van der Waals surface area contributed by atoms with Crippen LogP contribution < -0.4 is 5.32 Å². The van der Waals surface area contributed by atoms with Gasteiger partial charge < -0.3 is 15.0 Å². The number of nitrogens with one attached hydrogen (secondary N) is 1. The minimum absolute atomic E-state index is 0.129. The van der Waals surface area contributed by atoms with Crippen molar-refractivity contribution in [3.05, 3.63) is 0 Å². The first-order chi connectivity index (χ1) is 6.99. The van der Waals surface area contributed by atoms with Crippen LogP contribution in [0.1, 0.15) is 27.7 Å². The quantitative estimate of drug-likeness (QED) is 0.686. The Morgan fingerprint density at radius 1 is 1.40 bits per heavy atom. The lowest BCUT2D eigenvalue weighted by Crippen LogP contribution is -2.54. The lowest BCUT2D eigenvalue weighted by molar-refractivity contribution is -0.137. The van der Waals surface area contributed by atoms with Gasteiger partial charge in [-0.25, -0.2) is 0 Å². The van der Waals surface area contributed by atoms with Crippen LogP contribution in [-0.4, -0.2) is 49.7 Å². The summed E-state index contributed by atoms with van der Waals surface area (Å²) >= 11 is 0. The molecule has 0 aromatic rings. The van der Waals surface area contributed by atoms with Crippen molar-refractivity contribution >= 4 is 5.91 Å². The summed E-state index contributed by atoms with van der Waals surface area (Å²) in [6.07, 6.45) is 0. The SMILES string of the molecule is CCNC(C)(C)C(=O)N(CC)CCOC. The second-order valence-electron chi connectivity index (χ2n) is 4.03. The van der Waals surface area contributed by atoms with Crippen molar-refractivity contribution in [1.29, 1.82) is 0 Å². The molecule has 90 valence electrons. The summed E-state index contributed by atoms with van der Waals surface area (Å²) in [6, 6.07) is 0. The standard InChI is InChI=1S/C11H24N2O2/c1-6-12-11(3,4)10(14)13(7-2)8-9-15-5/h12H,6-9H2,1-5H3. The Bertz CT molecular complexity index is 193. The van der Waals surface area contributed by atoms with Gasteiger partial charge in [0.15, 0.2) is 0 Å². The summed E-state index contributed by atoms with van der Waals surface area (Å²) < 4.78 is 4.98. The Labute approximate surface area is 93.0 Å². The van der Waals surface area contributed by atoms with E-state index in [4.69, 9.17) is 4.74 Å². The molecule has 0 bridgehead atoms. The minimum Gasteiger partial charge on any atom is -0.383 e. The Morgan fingerprint density at radius 2 is 2.00 bits per heavy atom. The number of likely N-dealkylation sites (N-methyl/N-ethyl adjacent to an activating group) is 2. The first kappa shape index (κ1) is 14.4. The lowest BCUT2D eigenvalue weighted by atomic mass is 10.0. The number of hydrogen-bond donors (Lipinski definition) is 1. The lowest BCUT2D eigenvalue weighted by Gasteiger charge is -2.31. The zero-order chi connectivity index (χ0) is 11.9. The van der Waals surface area contributed by atoms with E-state index >= 15 is 0 Å². The molecule has 0 aliphatic heterocycles. The molecule has 0 fully saturated rings.